The molecule has 1 fully saturated rings. The number of ketones is 1. The number of nitrogens with one attached hydrogen (secondary N) is 1. The average Bonchev–Trinajstić information content (AvgIpc) is 2.91. The zero-order valence-electron chi connectivity index (χ0n) is 14.7. The summed E-state index contributed by atoms with van der Waals surface area (Å²) in [6, 6.07) is 5.36. The predicted molar refractivity (Wildman–Crippen MR) is 99.7 cm³/mol. The third kappa shape index (κ3) is 3.79. The van der Waals surface area contributed by atoms with Gasteiger partial charge in [0.1, 0.15) is 0 Å². The molecule has 1 aliphatic carbocycles. The van der Waals surface area contributed by atoms with Crippen molar-refractivity contribution >= 4 is 29.0 Å². The minimum atomic E-state index is -0.388. The van der Waals surface area contributed by atoms with Crippen LogP contribution in [0.4, 0.5) is 0 Å². The first-order valence-corrected chi connectivity index (χ1v) is 9.58. The summed E-state index contributed by atoms with van der Waals surface area (Å²) in [6.45, 7) is 2.81. The number of Topliss-reactive ketones (excluding diaryl/α,β-unsaturated/α-hetero) is 1. The van der Waals surface area contributed by atoms with Gasteiger partial charge in [-0.25, -0.2) is 0 Å². The van der Waals surface area contributed by atoms with Gasteiger partial charge >= 0.3 is 0 Å². The fourth-order valence-corrected chi connectivity index (χ4v) is 4.26. The van der Waals surface area contributed by atoms with Gasteiger partial charge in [-0.15, -0.1) is 0 Å². The van der Waals surface area contributed by atoms with E-state index in [-0.39, 0.29) is 30.1 Å². The summed E-state index contributed by atoms with van der Waals surface area (Å²) in [4.78, 5) is 27.4. The van der Waals surface area contributed by atoms with E-state index in [2.05, 4.69) is 6.92 Å². The van der Waals surface area contributed by atoms with Crippen LogP contribution in [0, 0.1) is 5.41 Å². The van der Waals surface area contributed by atoms with Gasteiger partial charge < -0.3 is 10.3 Å². The Morgan fingerprint density at radius 3 is 2.92 bits per heavy atom. The Hall–Kier alpha value is -1.68. The molecule has 0 radical (unpaired) electrons. The quantitative estimate of drug-likeness (QED) is 0.780. The molecule has 134 valence electrons. The lowest BCUT2D eigenvalue weighted by molar-refractivity contribution is -0.136. The minimum absolute atomic E-state index is 0.00290. The van der Waals surface area contributed by atoms with E-state index in [9.17, 15) is 9.59 Å². The number of rotatable bonds is 5. The molecule has 3 rings (SSSR count). The van der Waals surface area contributed by atoms with Gasteiger partial charge in [0.15, 0.2) is 5.78 Å². The second-order valence-electron chi connectivity index (χ2n) is 7.15. The largest absolute Gasteiger partial charge is 0.339 e. The van der Waals surface area contributed by atoms with E-state index in [1.165, 1.54) is 0 Å². The number of halogens is 1. The van der Waals surface area contributed by atoms with Gasteiger partial charge in [0, 0.05) is 41.7 Å². The van der Waals surface area contributed by atoms with Crippen LogP contribution in [0.1, 0.15) is 73.7 Å². The van der Waals surface area contributed by atoms with Crippen LogP contribution in [0.5, 0.6) is 0 Å². The average molecular weight is 361 g/mol. The second-order valence-corrected chi connectivity index (χ2v) is 7.59. The molecule has 1 aromatic rings. The van der Waals surface area contributed by atoms with E-state index in [1.54, 1.807) is 12.1 Å². The first-order valence-electron chi connectivity index (χ1n) is 9.20. The molecular formula is C20H25ClN2O2. The normalized spacial score (nSPS) is 22.8. The van der Waals surface area contributed by atoms with Crippen LogP contribution in [-0.4, -0.2) is 34.9 Å². The lowest BCUT2D eigenvalue weighted by Crippen LogP contribution is -2.46. The van der Waals surface area contributed by atoms with E-state index in [0.29, 0.717) is 17.0 Å². The van der Waals surface area contributed by atoms with Gasteiger partial charge in [-0.05, 0) is 43.4 Å². The van der Waals surface area contributed by atoms with Gasteiger partial charge in [-0.3, -0.25) is 9.59 Å². The molecule has 1 amide bonds. The van der Waals surface area contributed by atoms with Crippen LogP contribution in [-0.2, 0) is 4.79 Å². The van der Waals surface area contributed by atoms with Crippen LogP contribution < -0.4 is 0 Å². The van der Waals surface area contributed by atoms with Crippen LogP contribution in [0.3, 0.4) is 0 Å². The number of hydrogen-bond acceptors (Lipinski definition) is 3. The molecule has 1 saturated heterocycles. The lowest BCUT2D eigenvalue weighted by Gasteiger charge is -2.37. The Balaban J connectivity index is 1.79. The summed E-state index contributed by atoms with van der Waals surface area (Å²) in [6.07, 6.45) is 5.71. The molecule has 2 atom stereocenters. The lowest BCUT2D eigenvalue weighted by atomic mass is 9.92. The summed E-state index contributed by atoms with van der Waals surface area (Å²) in [5.41, 5.74) is 2.13. The van der Waals surface area contributed by atoms with Crippen molar-refractivity contribution in [2.75, 3.05) is 6.54 Å². The number of carbonyl (C=O) groups is 2. The Kier molecular flexibility index (Phi) is 5.57. The molecule has 25 heavy (non-hydrogen) atoms. The van der Waals surface area contributed by atoms with Crippen LogP contribution in [0.15, 0.2) is 18.2 Å². The fourth-order valence-electron chi connectivity index (χ4n) is 4.09. The highest BCUT2D eigenvalue weighted by Crippen LogP contribution is 2.37. The summed E-state index contributed by atoms with van der Waals surface area (Å²) in [5.74, 6) is -0.340. The number of hydrogen-bond donors (Lipinski definition) is 1. The van der Waals surface area contributed by atoms with Gasteiger partial charge in [0.25, 0.3) is 0 Å². The van der Waals surface area contributed by atoms with E-state index in [1.807, 2.05) is 11.0 Å². The van der Waals surface area contributed by atoms with Crippen molar-refractivity contribution in [1.82, 2.24) is 4.90 Å². The maximum absolute atomic E-state index is 13.2. The van der Waals surface area contributed by atoms with E-state index in [0.717, 1.165) is 49.9 Å². The molecule has 1 aliphatic heterocycles. The number of nitrogens with zero attached hydrogens (tertiary/aromatic N) is 1. The first-order chi connectivity index (χ1) is 12.0. The van der Waals surface area contributed by atoms with Crippen molar-refractivity contribution in [3.8, 4) is 0 Å². The first kappa shape index (κ1) is 18.1. The number of carbonyl (C=O) groups excluding carboxylic acids is 2. The van der Waals surface area contributed by atoms with Gasteiger partial charge in [0.05, 0.1) is 5.92 Å². The molecule has 0 bridgehead atoms. The highest BCUT2D eigenvalue weighted by atomic mass is 35.5. The molecule has 0 aromatic heterocycles. The summed E-state index contributed by atoms with van der Waals surface area (Å²) >= 11 is 6.00. The third-order valence-electron chi connectivity index (χ3n) is 5.32. The molecule has 1 aromatic carbocycles. The van der Waals surface area contributed by atoms with Crippen molar-refractivity contribution in [3.63, 3.8) is 0 Å². The highest BCUT2D eigenvalue weighted by Gasteiger charge is 2.39. The molecular weight excluding hydrogens is 336 g/mol. The Labute approximate surface area is 154 Å². The molecule has 0 saturated carbocycles. The zero-order chi connectivity index (χ0) is 18.0. The number of benzene rings is 1. The molecule has 4 nitrogen and oxygen atoms in total. The summed E-state index contributed by atoms with van der Waals surface area (Å²) < 4.78 is 0. The maximum Gasteiger partial charge on any atom is 0.230 e. The Morgan fingerprint density at radius 2 is 2.16 bits per heavy atom. The number of fused-ring (bicyclic) bond motifs is 1. The van der Waals surface area contributed by atoms with E-state index < -0.39 is 0 Å². The molecule has 5 heteroatoms. The molecule has 1 heterocycles. The predicted octanol–water partition coefficient (Wildman–Crippen LogP) is 4.60. The summed E-state index contributed by atoms with van der Waals surface area (Å²) in [5, 5.41) is 8.66. The number of piperidine rings is 1. The van der Waals surface area contributed by atoms with Crippen LogP contribution in [0.2, 0.25) is 5.02 Å². The van der Waals surface area contributed by atoms with Gasteiger partial charge in [0.2, 0.25) is 5.91 Å². The second kappa shape index (κ2) is 7.69. The third-order valence-corrected chi connectivity index (χ3v) is 5.56. The van der Waals surface area contributed by atoms with Crippen LogP contribution >= 0.6 is 11.6 Å². The molecule has 2 aliphatic rings. The minimum Gasteiger partial charge on any atom is -0.339 e. The zero-order valence-corrected chi connectivity index (χ0v) is 15.4. The van der Waals surface area contributed by atoms with E-state index >= 15 is 0 Å². The van der Waals surface area contributed by atoms with Crippen molar-refractivity contribution < 1.29 is 9.59 Å². The molecule has 1 N–H and O–H groups in total. The monoisotopic (exact) mass is 360 g/mol. The topological polar surface area (TPSA) is 61.2 Å². The number of amides is 1. The SMILES string of the molecule is CCCC(=N)CC1CCCCN1C(=O)C1CC(=O)c2cc(Cl)ccc21. The highest BCUT2D eigenvalue weighted by molar-refractivity contribution is 6.31. The fraction of sp³-hybridized carbons (Fsp3) is 0.550. The molecule has 0 spiro atoms. The number of likely N-dealkylation sites (tertiary alicyclic amines) is 1. The van der Waals surface area contributed by atoms with Gasteiger partial charge in [-0.1, -0.05) is 31.0 Å². The Bertz CT molecular complexity index is 701. The summed E-state index contributed by atoms with van der Waals surface area (Å²) in [7, 11) is 0. The van der Waals surface area contributed by atoms with Crippen molar-refractivity contribution in [2.24, 2.45) is 0 Å². The Morgan fingerprint density at radius 1 is 1.36 bits per heavy atom. The van der Waals surface area contributed by atoms with Gasteiger partial charge in [-0.2, -0.15) is 0 Å². The van der Waals surface area contributed by atoms with Crippen molar-refractivity contribution in [2.45, 2.75) is 63.8 Å². The standard InChI is InChI=1S/C20H25ClN2O2/c1-2-5-14(22)11-15-6-3-4-9-23(15)20(25)18-12-19(24)17-10-13(21)7-8-16(17)18/h7-8,10,15,18,22H,2-6,9,11-12H2,1H3. The van der Waals surface area contributed by atoms with E-state index in [4.69, 9.17) is 17.0 Å². The van der Waals surface area contributed by atoms with Crippen molar-refractivity contribution in [1.29, 1.82) is 5.41 Å². The van der Waals surface area contributed by atoms with Crippen molar-refractivity contribution in [3.05, 3.63) is 34.3 Å². The molecule has 2 unspecified atom stereocenters. The smallest absolute Gasteiger partial charge is 0.230 e. The van der Waals surface area contributed by atoms with Crippen LogP contribution in [0.25, 0.3) is 0 Å². The maximum atomic E-state index is 13.2.